The van der Waals surface area contributed by atoms with Crippen molar-refractivity contribution in [3.63, 3.8) is 0 Å². The lowest BCUT2D eigenvalue weighted by Crippen LogP contribution is -1.86. The second kappa shape index (κ2) is 4.02. The first kappa shape index (κ1) is 11.1. The molecule has 0 amide bonds. The van der Waals surface area contributed by atoms with E-state index < -0.39 is 0 Å². The number of rotatable bonds is 0. The second-order valence-corrected chi connectivity index (χ2v) is 4.89. The number of nitrogens with zero attached hydrogens (tertiary/aromatic N) is 1. The Balaban J connectivity index is 2.62. The monoisotopic (exact) mass is 281 g/mol. The number of halogens is 3. The van der Waals surface area contributed by atoms with E-state index in [9.17, 15) is 0 Å². The summed E-state index contributed by atoms with van der Waals surface area (Å²) in [6, 6.07) is 11.1. The highest BCUT2D eigenvalue weighted by Crippen LogP contribution is 2.35. The molecule has 0 N–H and O–H groups in total. The third-order valence-corrected chi connectivity index (χ3v) is 3.69. The Morgan fingerprint density at radius 1 is 0.706 bits per heavy atom. The zero-order chi connectivity index (χ0) is 12.0. The molecule has 0 saturated carbocycles. The molecular formula is C13H6Cl3N. The largest absolute Gasteiger partial charge is 0.245 e. The van der Waals surface area contributed by atoms with Gasteiger partial charge in [0.05, 0.1) is 26.1 Å². The van der Waals surface area contributed by atoms with Gasteiger partial charge in [-0.15, -0.1) is 0 Å². The quantitative estimate of drug-likeness (QED) is 0.507. The van der Waals surface area contributed by atoms with E-state index >= 15 is 0 Å². The van der Waals surface area contributed by atoms with E-state index in [-0.39, 0.29) is 0 Å². The Morgan fingerprint density at radius 2 is 1.18 bits per heavy atom. The lowest BCUT2D eigenvalue weighted by molar-refractivity contribution is 1.50. The van der Waals surface area contributed by atoms with Gasteiger partial charge in [0.1, 0.15) is 0 Å². The van der Waals surface area contributed by atoms with E-state index in [1.807, 2.05) is 24.3 Å². The average Bonchev–Trinajstić information content (AvgIpc) is 2.32. The number of benzene rings is 2. The highest BCUT2D eigenvalue weighted by atomic mass is 35.5. The van der Waals surface area contributed by atoms with Crippen LogP contribution in [0.5, 0.6) is 0 Å². The number of fused-ring (bicyclic) bond motifs is 2. The van der Waals surface area contributed by atoms with Crippen LogP contribution in [0.25, 0.3) is 21.8 Å². The summed E-state index contributed by atoms with van der Waals surface area (Å²) in [6.45, 7) is 0. The van der Waals surface area contributed by atoms with Crippen molar-refractivity contribution in [2.45, 2.75) is 0 Å². The van der Waals surface area contributed by atoms with E-state index in [4.69, 9.17) is 34.8 Å². The van der Waals surface area contributed by atoms with Crippen LogP contribution in [0.4, 0.5) is 0 Å². The van der Waals surface area contributed by atoms with Gasteiger partial charge in [-0.25, -0.2) is 4.98 Å². The Kier molecular flexibility index (Phi) is 2.62. The Bertz CT molecular complexity index is 677. The van der Waals surface area contributed by atoms with Crippen LogP contribution in [-0.2, 0) is 0 Å². The molecule has 2 aromatic carbocycles. The Hall–Kier alpha value is -1.02. The van der Waals surface area contributed by atoms with Crippen molar-refractivity contribution in [3.8, 4) is 0 Å². The minimum absolute atomic E-state index is 0.575. The van der Waals surface area contributed by atoms with Crippen molar-refractivity contribution < 1.29 is 0 Å². The standard InChI is InChI=1S/C13H6Cl3N/c14-9-5-1-3-7-11(16)8-4-2-6-10(15)13(8)17-12(7)9/h1-6H. The van der Waals surface area contributed by atoms with Gasteiger partial charge in [-0.1, -0.05) is 59.1 Å². The predicted octanol–water partition coefficient (Wildman–Crippen LogP) is 5.35. The van der Waals surface area contributed by atoms with Gasteiger partial charge in [-0.2, -0.15) is 0 Å². The molecule has 0 spiro atoms. The number of hydrogen-bond donors (Lipinski definition) is 0. The molecule has 1 heterocycles. The molecule has 17 heavy (non-hydrogen) atoms. The summed E-state index contributed by atoms with van der Waals surface area (Å²) in [6.07, 6.45) is 0. The highest BCUT2D eigenvalue weighted by molar-refractivity contribution is 6.44. The minimum atomic E-state index is 0.575. The van der Waals surface area contributed by atoms with Gasteiger partial charge in [0, 0.05) is 10.8 Å². The van der Waals surface area contributed by atoms with Crippen LogP contribution in [0.3, 0.4) is 0 Å². The molecule has 0 fully saturated rings. The van der Waals surface area contributed by atoms with Gasteiger partial charge < -0.3 is 0 Å². The van der Waals surface area contributed by atoms with Crippen LogP contribution < -0.4 is 0 Å². The first-order chi connectivity index (χ1) is 8.18. The number of hydrogen-bond acceptors (Lipinski definition) is 1. The molecule has 0 saturated heterocycles. The highest BCUT2D eigenvalue weighted by Gasteiger charge is 2.10. The summed E-state index contributed by atoms with van der Waals surface area (Å²) in [4.78, 5) is 4.49. The molecule has 3 rings (SSSR count). The van der Waals surface area contributed by atoms with E-state index in [0.29, 0.717) is 26.1 Å². The van der Waals surface area contributed by atoms with Gasteiger partial charge in [-0.05, 0) is 12.1 Å². The molecule has 3 aromatic rings. The first-order valence-corrected chi connectivity index (χ1v) is 6.14. The van der Waals surface area contributed by atoms with Crippen LogP contribution in [0.1, 0.15) is 0 Å². The van der Waals surface area contributed by atoms with Gasteiger partial charge in [0.15, 0.2) is 0 Å². The molecule has 0 atom stereocenters. The van der Waals surface area contributed by atoms with Crippen LogP contribution in [-0.4, -0.2) is 4.98 Å². The van der Waals surface area contributed by atoms with Crippen LogP contribution in [0, 0.1) is 0 Å². The fourth-order valence-corrected chi connectivity index (χ4v) is 2.61. The zero-order valence-corrected chi connectivity index (χ0v) is 10.8. The van der Waals surface area contributed by atoms with Gasteiger partial charge >= 0.3 is 0 Å². The van der Waals surface area contributed by atoms with E-state index in [0.717, 1.165) is 10.8 Å². The molecule has 0 aliphatic heterocycles. The molecule has 0 unspecified atom stereocenters. The smallest absolute Gasteiger partial charge is 0.0911 e. The molecule has 1 aromatic heterocycles. The molecule has 0 aliphatic carbocycles. The first-order valence-electron chi connectivity index (χ1n) is 5.00. The normalized spacial score (nSPS) is 11.2. The molecule has 0 radical (unpaired) electrons. The van der Waals surface area contributed by atoms with Crippen molar-refractivity contribution in [1.29, 1.82) is 0 Å². The lowest BCUT2D eigenvalue weighted by atomic mass is 10.1. The van der Waals surface area contributed by atoms with Gasteiger partial charge in [0.25, 0.3) is 0 Å². The molecule has 1 nitrogen and oxygen atoms in total. The molecule has 0 bridgehead atoms. The Labute approximate surface area is 113 Å². The zero-order valence-electron chi connectivity index (χ0n) is 8.55. The van der Waals surface area contributed by atoms with Gasteiger partial charge in [0.2, 0.25) is 0 Å². The van der Waals surface area contributed by atoms with Crippen molar-refractivity contribution in [3.05, 3.63) is 51.5 Å². The Morgan fingerprint density at radius 3 is 1.65 bits per heavy atom. The second-order valence-electron chi connectivity index (χ2n) is 3.70. The maximum absolute atomic E-state index is 6.36. The molecular weight excluding hydrogens is 277 g/mol. The van der Waals surface area contributed by atoms with Crippen molar-refractivity contribution in [2.75, 3.05) is 0 Å². The average molecular weight is 283 g/mol. The lowest BCUT2D eigenvalue weighted by Gasteiger charge is -2.07. The fourth-order valence-electron chi connectivity index (χ4n) is 1.87. The van der Waals surface area contributed by atoms with E-state index in [1.165, 1.54) is 0 Å². The van der Waals surface area contributed by atoms with Crippen molar-refractivity contribution in [1.82, 2.24) is 4.98 Å². The minimum Gasteiger partial charge on any atom is -0.245 e. The van der Waals surface area contributed by atoms with Crippen LogP contribution in [0.2, 0.25) is 15.1 Å². The molecule has 4 heteroatoms. The topological polar surface area (TPSA) is 12.9 Å². The van der Waals surface area contributed by atoms with Crippen LogP contribution >= 0.6 is 34.8 Å². The molecule has 0 aliphatic rings. The summed E-state index contributed by atoms with van der Waals surface area (Å²) in [5, 5.41) is 3.47. The maximum Gasteiger partial charge on any atom is 0.0911 e. The third-order valence-electron chi connectivity index (χ3n) is 2.67. The SMILES string of the molecule is Clc1c2cccc(Cl)c2nc2c(Cl)cccc12. The third kappa shape index (κ3) is 1.66. The molecule has 84 valence electrons. The summed E-state index contributed by atoms with van der Waals surface area (Å²) in [7, 11) is 0. The van der Waals surface area contributed by atoms with Gasteiger partial charge in [-0.3, -0.25) is 0 Å². The fraction of sp³-hybridized carbons (Fsp3) is 0. The summed E-state index contributed by atoms with van der Waals surface area (Å²) >= 11 is 18.6. The predicted molar refractivity (Wildman–Crippen MR) is 74.3 cm³/mol. The maximum atomic E-state index is 6.36. The number of para-hydroxylation sites is 2. The summed E-state index contributed by atoms with van der Waals surface area (Å²) < 4.78 is 0. The number of aromatic nitrogens is 1. The summed E-state index contributed by atoms with van der Waals surface area (Å²) in [5.41, 5.74) is 1.36. The van der Waals surface area contributed by atoms with Crippen molar-refractivity contribution in [2.24, 2.45) is 0 Å². The van der Waals surface area contributed by atoms with E-state index in [2.05, 4.69) is 4.98 Å². The van der Waals surface area contributed by atoms with E-state index in [1.54, 1.807) is 12.1 Å². The van der Waals surface area contributed by atoms with Crippen LogP contribution in [0.15, 0.2) is 36.4 Å². The summed E-state index contributed by atoms with van der Waals surface area (Å²) in [5.74, 6) is 0. The number of pyridine rings is 1. The van der Waals surface area contributed by atoms with Crippen molar-refractivity contribution >= 4 is 56.6 Å².